The number of hydrogen-bond donors (Lipinski definition) is 2. The van der Waals surface area contributed by atoms with Crippen LogP contribution in [0.25, 0.3) is 0 Å². The van der Waals surface area contributed by atoms with Gasteiger partial charge in [-0.2, -0.15) is 0 Å². The third kappa shape index (κ3) is 2.80. The molecule has 0 aliphatic rings. The fourth-order valence-electron chi connectivity index (χ4n) is 1.02. The van der Waals surface area contributed by atoms with E-state index in [9.17, 15) is 9.59 Å². The molecule has 0 radical (unpaired) electrons. The third-order valence-electron chi connectivity index (χ3n) is 1.77. The first-order valence-corrected chi connectivity index (χ1v) is 4.43. The average Bonchev–Trinajstić information content (AvgIpc) is 2.31. The van der Waals surface area contributed by atoms with Crippen LogP contribution in [0.2, 0.25) is 0 Å². The molecule has 0 aromatic heterocycles. The number of para-hydroxylation sites is 1. The standard InChI is InChI=1S/C11H10N2O3/c1-16-11(15)9(7-12)10(14)13-8-5-3-2-4-6-8/h2-6,12H,1H3,(H,13,14). The number of methoxy groups -OCH3 is 1. The van der Waals surface area contributed by atoms with E-state index < -0.39 is 17.4 Å². The Morgan fingerprint density at radius 1 is 1.31 bits per heavy atom. The lowest BCUT2D eigenvalue weighted by Gasteiger charge is -2.04. The maximum absolute atomic E-state index is 11.5. The zero-order chi connectivity index (χ0) is 12.0. The molecule has 0 aliphatic heterocycles. The number of esters is 1. The van der Waals surface area contributed by atoms with Gasteiger partial charge in [-0.05, 0) is 18.0 Å². The van der Waals surface area contributed by atoms with Crippen LogP contribution in [-0.4, -0.2) is 24.9 Å². The topological polar surface area (TPSA) is 79.2 Å². The molecule has 0 aliphatic carbocycles. The summed E-state index contributed by atoms with van der Waals surface area (Å²) in [6.07, 6.45) is 0. The Bertz CT molecular complexity index is 448. The maximum Gasteiger partial charge on any atom is 0.353 e. The molecule has 82 valence electrons. The zero-order valence-electron chi connectivity index (χ0n) is 8.61. The molecule has 0 fully saturated rings. The Hall–Kier alpha value is -2.39. The summed E-state index contributed by atoms with van der Waals surface area (Å²) in [5.74, 6) is 0.152. The van der Waals surface area contributed by atoms with Crippen molar-refractivity contribution in [3.05, 3.63) is 35.9 Å². The van der Waals surface area contributed by atoms with Gasteiger partial charge in [0, 0.05) is 5.69 Å². The highest BCUT2D eigenvalue weighted by Gasteiger charge is 2.18. The van der Waals surface area contributed by atoms with Crippen molar-refractivity contribution < 1.29 is 14.3 Å². The van der Waals surface area contributed by atoms with Gasteiger partial charge in [0.05, 0.1) is 7.11 Å². The van der Waals surface area contributed by atoms with Crippen LogP contribution in [0.5, 0.6) is 0 Å². The summed E-state index contributed by atoms with van der Waals surface area (Å²) >= 11 is 0. The monoisotopic (exact) mass is 218 g/mol. The summed E-state index contributed by atoms with van der Waals surface area (Å²) in [7, 11) is 1.13. The van der Waals surface area contributed by atoms with Crippen molar-refractivity contribution in [2.24, 2.45) is 0 Å². The number of amides is 1. The van der Waals surface area contributed by atoms with Crippen LogP contribution in [0.1, 0.15) is 0 Å². The second-order valence-corrected chi connectivity index (χ2v) is 2.81. The number of nitrogens with one attached hydrogen (secondary N) is 2. The van der Waals surface area contributed by atoms with Crippen LogP contribution in [0.4, 0.5) is 5.69 Å². The van der Waals surface area contributed by atoms with Gasteiger partial charge in [-0.25, -0.2) is 4.79 Å². The van der Waals surface area contributed by atoms with Gasteiger partial charge >= 0.3 is 5.97 Å². The Balaban J connectivity index is 2.80. The van der Waals surface area contributed by atoms with E-state index in [0.29, 0.717) is 5.69 Å². The second-order valence-electron chi connectivity index (χ2n) is 2.81. The number of hydrogen-bond acceptors (Lipinski definition) is 4. The molecule has 2 N–H and O–H groups in total. The Labute approximate surface area is 92.2 Å². The summed E-state index contributed by atoms with van der Waals surface area (Å²) in [6.45, 7) is 0. The van der Waals surface area contributed by atoms with Crippen molar-refractivity contribution in [3.8, 4) is 0 Å². The first-order chi connectivity index (χ1) is 7.69. The highest BCUT2D eigenvalue weighted by molar-refractivity contribution is 6.26. The van der Waals surface area contributed by atoms with E-state index in [1.54, 1.807) is 36.2 Å². The predicted molar refractivity (Wildman–Crippen MR) is 58.3 cm³/mol. The van der Waals surface area contributed by atoms with Gasteiger partial charge in [0.25, 0.3) is 5.91 Å². The van der Waals surface area contributed by atoms with Gasteiger partial charge in [-0.15, -0.1) is 0 Å². The van der Waals surface area contributed by atoms with Gasteiger partial charge in [-0.3, -0.25) is 10.2 Å². The molecule has 0 heterocycles. The number of benzene rings is 1. The molecule has 16 heavy (non-hydrogen) atoms. The molecule has 5 nitrogen and oxygen atoms in total. The molecule has 0 saturated heterocycles. The molecule has 1 amide bonds. The number of ether oxygens (including phenoxy) is 1. The Morgan fingerprint density at radius 2 is 1.94 bits per heavy atom. The van der Waals surface area contributed by atoms with E-state index in [1.807, 2.05) is 0 Å². The number of carbonyl (C=O) groups excluding carboxylic acids is 2. The third-order valence-corrected chi connectivity index (χ3v) is 1.77. The number of anilines is 1. The van der Waals surface area contributed by atoms with Crippen molar-refractivity contribution in [2.45, 2.75) is 0 Å². The average molecular weight is 218 g/mol. The lowest BCUT2D eigenvalue weighted by Crippen LogP contribution is -2.21. The van der Waals surface area contributed by atoms with Gasteiger partial charge in [0.15, 0.2) is 5.57 Å². The summed E-state index contributed by atoms with van der Waals surface area (Å²) < 4.78 is 4.34. The Kier molecular flexibility index (Phi) is 4.00. The first kappa shape index (κ1) is 11.7. The van der Waals surface area contributed by atoms with E-state index in [-0.39, 0.29) is 0 Å². The van der Waals surface area contributed by atoms with Gasteiger partial charge in [0.2, 0.25) is 0 Å². The van der Waals surface area contributed by atoms with E-state index in [4.69, 9.17) is 5.41 Å². The predicted octanol–water partition coefficient (Wildman–Crippen LogP) is 0.973. The fraction of sp³-hybridized carbons (Fsp3) is 0.0909. The maximum atomic E-state index is 11.5. The zero-order valence-corrected chi connectivity index (χ0v) is 8.61. The number of carbonyl (C=O) groups is 2. The summed E-state index contributed by atoms with van der Waals surface area (Å²) in [4.78, 5) is 22.6. The Morgan fingerprint density at radius 3 is 2.44 bits per heavy atom. The lowest BCUT2D eigenvalue weighted by atomic mass is 10.2. The fourth-order valence-corrected chi connectivity index (χ4v) is 1.02. The van der Waals surface area contributed by atoms with Crippen LogP contribution < -0.4 is 5.32 Å². The van der Waals surface area contributed by atoms with Crippen LogP contribution in [0.3, 0.4) is 0 Å². The van der Waals surface area contributed by atoms with Crippen LogP contribution in [0, 0.1) is 5.41 Å². The molecular weight excluding hydrogens is 208 g/mol. The smallest absolute Gasteiger partial charge is 0.353 e. The molecule has 0 unspecified atom stereocenters. The molecule has 5 heteroatoms. The molecule has 1 rings (SSSR count). The van der Waals surface area contributed by atoms with Crippen LogP contribution in [0.15, 0.2) is 35.9 Å². The molecule has 0 saturated carbocycles. The van der Waals surface area contributed by atoms with Crippen molar-refractivity contribution in [3.63, 3.8) is 0 Å². The molecule has 1 aromatic carbocycles. The quantitative estimate of drug-likeness (QED) is 0.261. The first-order valence-electron chi connectivity index (χ1n) is 4.43. The molecule has 1 aromatic rings. The van der Waals surface area contributed by atoms with E-state index in [0.717, 1.165) is 7.11 Å². The van der Waals surface area contributed by atoms with Gasteiger partial charge < -0.3 is 10.1 Å². The summed E-state index contributed by atoms with van der Waals surface area (Å²) in [5.41, 5.74) is 0.0653. The van der Waals surface area contributed by atoms with E-state index in [2.05, 4.69) is 10.1 Å². The van der Waals surface area contributed by atoms with Crippen molar-refractivity contribution in [2.75, 3.05) is 12.4 Å². The van der Waals surface area contributed by atoms with Crippen molar-refractivity contribution in [1.82, 2.24) is 0 Å². The van der Waals surface area contributed by atoms with E-state index in [1.165, 1.54) is 0 Å². The van der Waals surface area contributed by atoms with Crippen molar-refractivity contribution >= 4 is 23.4 Å². The largest absolute Gasteiger partial charge is 0.465 e. The van der Waals surface area contributed by atoms with Crippen molar-refractivity contribution in [1.29, 1.82) is 5.41 Å². The SMILES string of the molecule is COC(=O)C(=C=N)C(=O)Nc1ccccc1. The second kappa shape index (κ2) is 5.48. The van der Waals surface area contributed by atoms with E-state index >= 15 is 0 Å². The normalized spacial score (nSPS) is 8.81. The summed E-state index contributed by atoms with van der Waals surface area (Å²) in [6, 6.07) is 8.60. The summed E-state index contributed by atoms with van der Waals surface area (Å²) in [5, 5.41) is 9.29. The highest BCUT2D eigenvalue weighted by Crippen LogP contribution is 2.06. The van der Waals surface area contributed by atoms with Crippen LogP contribution >= 0.6 is 0 Å². The molecule has 0 atom stereocenters. The van der Waals surface area contributed by atoms with Crippen LogP contribution in [-0.2, 0) is 14.3 Å². The number of rotatable bonds is 3. The minimum atomic E-state index is -0.886. The molecular formula is C11H10N2O3. The molecule has 0 spiro atoms. The minimum Gasteiger partial charge on any atom is -0.465 e. The minimum absolute atomic E-state index is 0.466. The van der Waals surface area contributed by atoms with Gasteiger partial charge in [-0.1, -0.05) is 18.2 Å². The molecule has 0 bridgehead atoms. The lowest BCUT2D eigenvalue weighted by molar-refractivity contribution is -0.137. The van der Waals surface area contributed by atoms with Gasteiger partial charge in [0.1, 0.15) is 0 Å². The highest BCUT2D eigenvalue weighted by atomic mass is 16.5.